The van der Waals surface area contributed by atoms with E-state index in [1.54, 1.807) is 0 Å². The summed E-state index contributed by atoms with van der Waals surface area (Å²) in [5.41, 5.74) is 4.77. The number of hydrogen-bond donors (Lipinski definition) is 8. The van der Waals surface area contributed by atoms with Crippen LogP contribution >= 0.6 is 0 Å². The zero-order valence-electron chi connectivity index (χ0n) is 9.90. The molecule has 0 bridgehead atoms. The van der Waals surface area contributed by atoms with Crippen molar-refractivity contribution in [1.29, 1.82) is 0 Å². The van der Waals surface area contributed by atoms with Crippen LogP contribution in [0.15, 0.2) is 0 Å². The number of aliphatic carboxylic acids is 1. The predicted molar refractivity (Wildman–Crippen MR) is 59.9 cm³/mol. The number of rotatable bonds is 7. The lowest BCUT2D eigenvalue weighted by Gasteiger charge is -2.22. The number of aliphatic hydroxyl groups is 6. The monoisotopic (exact) mass is 285 g/mol. The Labute approximate surface area is 108 Å². The van der Waals surface area contributed by atoms with Gasteiger partial charge < -0.3 is 46.3 Å². The quantitative estimate of drug-likeness (QED) is 0.209. The molecule has 0 aromatic carbocycles. The van der Waals surface area contributed by atoms with Crippen LogP contribution in [-0.4, -0.2) is 91.7 Å². The van der Waals surface area contributed by atoms with Crippen molar-refractivity contribution in [3.05, 3.63) is 0 Å². The van der Waals surface area contributed by atoms with E-state index in [9.17, 15) is 9.59 Å². The van der Waals surface area contributed by atoms with Crippen LogP contribution in [0.25, 0.3) is 0 Å². The van der Waals surface area contributed by atoms with Gasteiger partial charge in [0.05, 0.1) is 13.2 Å². The first kappa shape index (κ1) is 20.2. The minimum atomic E-state index is -1.79. The minimum absolute atomic E-state index is 0.0258. The van der Waals surface area contributed by atoms with Crippen LogP contribution in [0.3, 0.4) is 0 Å². The molecule has 0 amide bonds. The molecule has 9 N–H and O–H groups in total. The fraction of sp³-hybridized carbons (Fsp3) is 0.778. The first-order valence-corrected chi connectivity index (χ1v) is 5.10. The highest BCUT2D eigenvalue weighted by Crippen LogP contribution is 2.02. The van der Waals surface area contributed by atoms with Gasteiger partial charge in [-0.2, -0.15) is 0 Å². The summed E-state index contributed by atoms with van der Waals surface area (Å²) in [7, 11) is 0. The normalized spacial score (nSPS) is 18.3. The minimum Gasteiger partial charge on any atom is -0.480 e. The molecule has 0 rings (SSSR count). The first-order chi connectivity index (χ1) is 8.72. The zero-order chi connectivity index (χ0) is 15.6. The predicted octanol–water partition coefficient (Wildman–Crippen LogP) is -4.99. The van der Waals surface area contributed by atoms with E-state index in [1.165, 1.54) is 0 Å². The van der Waals surface area contributed by atoms with Gasteiger partial charge in [-0.1, -0.05) is 0 Å². The van der Waals surface area contributed by atoms with Gasteiger partial charge in [0, 0.05) is 0 Å². The third-order valence-corrected chi connectivity index (χ3v) is 1.93. The smallest absolute Gasteiger partial charge is 0.322 e. The van der Waals surface area contributed by atoms with Crippen molar-refractivity contribution in [2.75, 3.05) is 13.2 Å². The lowest BCUT2D eigenvalue weighted by atomic mass is 10.0. The summed E-state index contributed by atoms with van der Waals surface area (Å²) in [5.74, 6) is -1.18. The second-order valence-corrected chi connectivity index (χ2v) is 3.49. The van der Waals surface area contributed by atoms with E-state index in [0.29, 0.717) is 0 Å². The summed E-state index contributed by atoms with van der Waals surface area (Å²) in [4.78, 5) is 19.5. The summed E-state index contributed by atoms with van der Waals surface area (Å²) in [6, 6.07) is -1.13. The molecule has 1 unspecified atom stereocenters. The number of nitrogens with two attached hydrogens (primary N) is 1. The average molecular weight is 285 g/mol. The Morgan fingerprint density at radius 1 is 1.05 bits per heavy atom. The fourth-order valence-electron chi connectivity index (χ4n) is 0.696. The second-order valence-electron chi connectivity index (χ2n) is 3.49. The molecule has 0 saturated carbocycles. The Morgan fingerprint density at radius 2 is 1.53 bits per heavy atom. The largest absolute Gasteiger partial charge is 0.480 e. The first-order valence-electron chi connectivity index (χ1n) is 5.10. The molecular weight excluding hydrogens is 266 g/mol. The molecule has 0 aromatic rings. The summed E-state index contributed by atoms with van der Waals surface area (Å²) in [6.45, 7) is -1.26. The Bertz CT molecular complexity index is 262. The third kappa shape index (κ3) is 8.56. The van der Waals surface area contributed by atoms with E-state index in [0.717, 1.165) is 0 Å². The number of aldehydes is 1. The van der Waals surface area contributed by atoms with Crippen molar-refractivity contribution in [3.8, 4) is 0 Å². The number of aliphatic hydroxyl groups excluding tert-OH is 6. The van der Waals surface area contributed by atoms with Crippen molar-refractivity contribution < 1.29 is 45.3 Å². The van der Waals surface area contributed by atoms with Gasteiger partial charge in [0.25, 0.3) is 0 Å². The lowest BCUT2D eigenvalue weighted by Crippen LogP contribution is -2.46. The Hall–Kier alpha value is -1.14. The number of carbonyl (C=O) groups is 2. The molecular formula is C9H19NO9. The molecule has 0 aliphatic rings. The van der Waals surface area contributed by atoms with E-state index in [-0.39, 0.29) is 6.29 Å². The second kappa shape index (κ2) is 10.8. The third-order valence-electron chi connectivity index (χ3n) is 1.93. The van der Waals surface area contributed by atoms with Gasteiger partial charge >= 0.3 is 5.97 Å². The van der Waals surface area contributed by atoms with Gasteiger partial charge in [0.15, 0.2) is 6.29 Å². The van der Waals surface area contributed by atoms with Gasteiger partial charge in [-0.3, -0.25) is 4.79 Å². The summed E-state index contributed by atoms with van der Waals surface area (Å²) in [5, 5.41) is 59.4. The van der Waals surface area contributed by atoms with Crippen molar-refractivity contribution in [2.24, 2.45) is 5.73 Å². The highest BCUT2D eigenvalue weighted by Gasteiger charge is 2.29. The molecule has 0 aliphatic heterocycles. The molecule has 5 atom stereocenters. The summed E-state index contributed by atoms with van der Waals surface area (Å²) in [6.07, 6.45) is -6.84. The number of carboxylic acids is 1. The van der Waals surface area contributed by atoms with Crippen molar-refractivity contribution in [1.82, 2.24) is 0 Å². The summed E-state index contributed by atoms with van der Waals surface area (Å²) < 4.78 is 0. The van der Waals surface area contributed by atoms with Crippen LogP contribution in [0.2, 0.25) is 0 Å². The van der Waals surface area contributed by atoms with E-state index in [4.69, 9.17) is 41.5 Å². The standard InChI is InChI=1S/C6H12O6.C3H7NO3/c7-1-3(9)5(11)6(12)4(10)2-8;4-2(1-5)3(6)7/h1,3-6,8-12H,2H2;2,5H,1,4H2,(H,6,7)/t3-,4+,5+,6-;/m0./s1. The van der Waals surface area contributed by atoms with E-state index in [2.05, 4.69) is 0 Å². The lowest BCUT2D eigenvalue weighted by molar-refractivity contribution is -0.139. The molecule has 19 heavy (non-hydrogen) atoms. The van der Waals surface area contributed by atoms with Crippen LogP contribution < -0.4 is 5.73 Å². The van der Waals surface area contributed by atoms with Crippen LogP contribution in [0.5, 0.6) is 0 Å². The fourth-order valence-corrected chi connectivity index (χ4v) is 0.696. The van der Waals surface area contributed by atoms with E-state index >= 15 is 0 Å². The average Bonchev–Trinajstić information content (AvgIpc) is 2.43. The number of carboxylic acid groups (broad SMARTS) is 1. The summed E-state index contributed by atoms with van der Waals surface area (Å²) >= 11 is 0. The molecule has 0 saturated heterocycles. The Kier molecular flexibility index (Phi) is 11.4. The maximum atomic E-state index is 9.90. The van der Waals surface area contributed by atoms with Crippen molar-refractivity contribution >= 4 is 12.3 Å². The molecule has 10 nitrogen and oxygen atoms in total. The zero-order valence-corrected chi connectivity index (χ0v) is 9.90. The van der Waals surface area contributed by atoms with Gasteiger partial charge in [-0.05, 0) is 0 Å². The number of hydrogen-bond acceptors (Lipinski definition) is 9. The molecule has 0 spiro atoms. The molecule has 10 heteroatoms. The molecule has 0 heterocycles. The van der Waals surface area contributed by atoms with Crippen molar-refractivity contribution in [2.45, 2.75) is 30.5 Å². The van der Waals surface area contributed by atoms with Gasteiger partial charge in [-0.25, -0.2) is 0 Å². The molecule has 0 fully saturated rings. The van der Waals surface area contributed by atoms with E-state index < -0.39 is 49.6 Å². The Balaban J connectivity index is 0. The van der Waals surface area contributed by atoms with Crippen LogP contribution in [0.4, 0.5) is 0 Å². The maximum absolute atomic E-state index is 9.90. The van der Waals surface area contributed by atoms with Crippen LogP contribution in [-0.2, 0) is 9.59 Å². The maximum Gasteiger partial charge on any atom is 0.322 e. The van der Waals surface area contributed by atoms with Gasteiger partial charge in [0.2, 0.25) is 0 Å². The molecule has 114 valence electrons. The van der Waals surface area contributed by atoms with Crippen LogP contribution in [0.1, 0.15) is 0 Å². The molecule has 0 aliphatic carbocycles. The number of carbonyl (C=O) groups excluding carboxylic acids is 1. The highest BCUT2D eigenvalue weighted by atomic mass is 16.4. The van der Waals surface area contributed by atoms with Crippen molar-refractivity contribution in [3.63, 3.8) is 0 Å². The highest BCUT2D eigenvalue weighted by molar-refractivity contribution is 5.73. The topological polar surface area (TPSA) is 202 Å². The van der Waals surface area contributed by atoms with Gasteiger partial charge in [-0.15, -0.1) is 0 Å². The van der Waals surface area contributed by atoms with E-state index in [1.807, 2.05) is 0 Å². The Morgan fingerprint density at radius 3 is 1.74 bits per heavy atom. The molecule has 0 radical (unpaired) electrons. The SMILES string of the molecule is NC(CO)C(=O)O.O=C[C@H](O)[C@@H](O)[C@@H](O)[C@H](O)CO. The molecule has 0 aromatic heterocycles. The van der Waals surface area contributed by atoms with Gasteiger partial charge in [0.1, 0.15) is 30.5 Å². The van der Waals surface area contributed by atoms with Crippen LogP contribution in [0, 0.1) is 0 Å².